The van der Waals surface area contributed by atoms with Crippen LogP contribution in [0.4, 0.5) is 10.5 Å². The summed E-state index contributed by atoms with van der Waals surface area (Å²) in [6.07, 6.45) is 3.40. The van der Waals surface area contributed by atoms with Gasteiger partial charge in [0.2, 0.25) is 0 Å². The van der Waals surface area contributed by atoms with Gasteiger partial charge in [0.05, 0.1) is 11.3 Å². The summed E-state index contributed by atoms with van der Waals surface area (Å²) < 4.78 is 0. The molecule has 1 atom stereocenters. The molecule has 1 aliphatic heterocycles. The molecular weight excluding hydrogens is 340 g/mol. The number of carbonyl (C=O) groups is 2. The number of para-hydroxylation sites is 1. The van der Waals surface area contributed by atoms with Gasteiger partial charge < -0.3 is 21.3 Å². The molecule has 140 valence electrons. The molecule has 0 radical (unpaired) electrons. The third-order valence-corrected chi connectivity index (χ3v) is 4.08. The lowest BCUT2D eigenvalue weighted by atomic mass is 9.96. The van der Waals surface area contributed by atoms with Crippen LogP contribution < -0.4 is 21.3 Å². The fraction of sp³-hybridized carbons (Fsp3) is 0.556. The topological polar surface area (TPSA) is 82.3 Å². The largest absolute Gasteiger partial charge is 0.352 e. The molecule has 2 rings (SSSR count). The molecule has 3 amide bonds. The van der Waals surface area contributed by atoms with E-state index in [0.29, 0.717) is 23.7 Å². The van der Waals surface area contributed by atoms with Gasteiger partial charge in [-0.1, -0.05) is 12.1 Å². The molecule has 1 aliphatic rings. The van der Waals surface area contributed by atoms with Crippen molar-refractivity contribution in [2.75, 3.05) is 25.0 Å². The van der Waals surface area contributed by atoms with E-state index in [9.17, 15) is 9.59 Å². The van der Waals surface area contributed by atoms with Crippen LogP contribution in [-0.4, -0.2) is 37.6 Å². The molecule has 4 N–H and O–H groups in total. The van der Waals surface area contributed by atoms with Crippen molar-refractivity contribution in [1.29, 1.82) is 0 Å². The zero-order chi connectivity index (χ0) is 17.4. The molecule has 1 aromatic carbocycles. The van der Waals surface area contributed by atoms with Crippen LogP contribution in [-0.2, 0) is 0 Å². The van der Waals surface area contributed by atoms with E-state index >= 15 is 0 Å². The molecule has 0 saturated carbocycles. The quantitative estimate of drug-likeness (QED) is 0.623. The molecule has 25 heavy (non-hydrogen) atoms. The first-order valence-corrected chi connectivity index (χ1v) is 8.71. The number of urea groups is 1. The van der Waals surface area contributed by atoms with Gasteiger partial charge in [0.1, 0.15) is 0 Å². The summed E-state index contributed by atoms with van der Waals surface area (Å²) in [6.45, 7) is 6.55. The Bertz CT molecular complexity index is 560. The van der Waals surface area contributed by atoms with Gasteiger partial charge in [-0.2, -0.15) is 0 Å². The number of piperidine rings is 1. The fourth-order valence-electron chi connectivity index (χ4n) is 2.87. The molecule has 0 aliphatic carbocycles. The van der Waals surface area contributed by atoms with E-state index < -0.39 is 0 Å². The van der Waals surface area contributed by atoms with Crippen molar-refractivity contribution in [3.63, 3.8) is 0 Å². The van der Waals surface area contributed by atoms with E-state index in [-0.39, 0.29) is 30.4 Å². The fourth-order valence-corrected chi connectivity index (χ4v) is 2.87. The first-order chi connectivity index (χ1) is 11.6. The van der Waals surface area contributed by atoms with Gasteiger partial charge >= 0.3 is 6.03 Å². The first kappa shape index (κ1) is 21.3. The van der Waals surface area contributed by atoms with Crippen LogP contribution in [0.25, 0.3) is 0 Å². The Hall–Kier alpha value is -1.79. The normalized spacial score (nSPS) is 16.7. The molecule has 1 heterocycles. The van der Waals surface area contributed by atoms with Gasteiger partial charge in [-0.15, -0.1) is 12.4 Å². The van der Waals surface area contributed by atoms with Crippen molar-refractivity contribution in [3.05, 3.63) is 29.8 Å². The Labute approximate surface area is 155 Å². The van der Waals surface area contributed by atoms with Gasteiger partial charge in [0.25, 0.3) is 5.91 Å². The second-order valence-corrected chi connectivity index (χ2v) is 6.56. The van der Waals surface area contributed by atoms with Crippen LogP contribution in [0.1, 0.15) is 43.5 Å². The van der Waals surface area contributed by atoms with Crippen molar-refractivity contribution < 1.29 is 9.59 Å². The minimum atomic E-state index is -0.307. The zero-order valence-corrected chi connectivity index (χ0v) is 15.7. The lowest BCUT2D eigenvalue weighted by Gasteiger charge is -2.22. The molecule has 1 unspecified atom stereocenters. The van der Waals surface area contributed by atoms with Gasteiger partial charge in [0.15, 0.2) is 0 Å². The van der Waals surface area contributed by atoms with Crippen molar-refractivity contribution >= 4 is 30.0 Å². The number of nitrogens with one attached hydrogen (secondary N) is 4. The highest BCUT2D eigenvalue weighted by Crippen LogP contribution is 2.16. The maximum atomic E-state index is 12.4. The number of hydrogen-bond acceptors (Lipinski definition) is 3. The number of rotatable bonds is 6. The third kappa shape index (κ3) is 7.32. The summed E-state index contributed by atoms with van der Waals surface area (Å²) in [5, 5.41) is 11.8. The number of amides is 3. The summed E-state index contributed by atoms with van der Waals surface area (Å²) in [5.74, 6) is 0.475. The molecular formula is C18H29ClN4O2. The van der Waals surface area contributed by atoms with Crippen LogP contribution in [0.3, 0.4) is 0 Å². The number of hydrogen-bond donors (Lipinski definition) is 4. The van der Waals surface area contributed by atoms with E-state index in [4.69, 9.17) is 0 Å². The molecule has 1 saturated heterocycles. The summed E-state index contributed by atoms with van der Waals surface area (Å²) >= 11 is 0. The van der Waals surface area contributed by atoms with E-state index in [1.807, 2.05) is 13.8 Å². The lowest BCUT2D eigenvalue weighted by molar-refractivity contribution is 0.0951. The Kier molecular flexibility index (Phi) is 9.31. The average molecular weight is 369 g/mol. The minimum absolute atomic E-state index is 0. The first-order valence-electron chi connectivity index (χ1n) is 8.71. The smallest absolute Gasteiger partial charge is 0.319 e. The maximum absolute atomic E-state index is 12.4. The standard InChI is InChI=1S/C18H28N4O2.ClH/c1-13(2)21-18(24)22-16-8-4-3-7-15(16)17(23)20-11-9-14-6-5-10-19-12-14;/h3-4,7-8,13-14,19H,5-6,9-12H2,1-2H3,(H,20,23)(H2,21,22,24);1H. The Morgan fingerprint density at radius 1 is 1.28 bits per heavy atom. The second-order valence-electron chi connectivity index (χ2n) is 6.56. The number of benzene rings is 1. The van der Waals surface area contributed by atoms with Gasteiger partial charge in [-0.25, -0.2) is 4.79 Å². The Morgan fingerprint density at radius 2 is 2.04 bits per heavy atom. The Morgan fingerprint density at radius 3 is 2.72 bits per heavy atom. The van der Waals surface area contributed by atoms with Gasteiger partial charge in [0, 0.05) is 12.6 Å². The summed E-state index contributed by atoms with van der Waals surface area (Å²) in [4.78, 5) is 24.3. The highest BCUT2D eigenvalue weighted by Gasteiger charge is 2.15. The van der Waals surface area contributed by atoms with E-state index in [2.05, 4.69) is 21.3 Å². The second kappa shape index (κ2) is 10.9. The summed E-state index contributed by atoms with van der Waals surface area (Å²) in [7, 11) is 0. The molecule has 1 fully saturated rings. The highest BCUT2D eigenvalue weighted by atomic mass is 35.5. The van der Waals surface area contributed by atoms with Crippen molar-refractivity contribution in [2.24, 2.45) is 5.92 Å². The van der Waals surface area contributed by atoms with E-state index in [1.54, 1.807) is 24.3 Å². The number of carbonyl (C=O) groups excluding carboxylic acids is 2. The zero-order valence-electron chi connectivity index (χ0n) is 14.9. The van der Waals surface area contributed by atoms with Crippen molar-refractivity contribution in [3.8, 4) is 0 Å². The van der Waals surface area contributed by atoms with Gasteiger partial charge in [-0.05, 0) is 64.3 Å². The van der Waals surface area contributed by atoms with E-state index in [1.165, 1.54) is 12.8 Å². The van der Waals surface area contributed by atoms with Crippen LogP contribution >= 0.6 is 12.4 Å². The lowest BCUT2D eigenvalue weighted by Crippen LogP contribution is -2.35. The molecule has 7 heteroatoms. The molecule has 0 bridgehead atoms. The number of halogens is 1. The molecule has 6 nitrogen and oxygen atoms in total. The van der Waals surface area contributed by atoms with Crippen molar-refractivity contribution in [2.45, 2.75) is 39.2 Å². The molecule has 0 spiro atoms. The average Bonchev–Trinajstić information content (AvgIpc) is 2.55. The Balaban J connectivity index is 0.00000312. The maximum Gasteiger partial charge on any atom is 0.319 e. The number of anilines is 1. The third-order valence-electron chi connectivity index (χ3n) is 4.08. The van der Waals surface area contributed by atoms with Crippen LogP contribution in [0.5, 0.6) is 0 Å². The van der Waals surface area contributed by atoms with Crippen LogP contribution in [0, 0.1) is 5.92 Å². The summed E-state index contributed by atoms with van der Waals surface area (Å²) in [6, 6.07) is 6.79. The predicted molar refractivity (Wildman–Crippen MR) is 104 cm³/mol. The predicted octanol–water partition coefficient (Wildman–Crippen LogP) is 2.76. The summed E-state index contributed by atoms with van der Waals surface area (Å²) in [5.41, 5.74) is 1.01. The van der Waals surface area contributed by atoms with Crippen LogP contribution in [0.15, 0.2) is 24.3 Å². The molecule has 1 aromatic rings. The molecule has 0 aromatic heterocycles. The van der Waals surface area contributed by atoms with Crippen LogP contribution in [0.2, 0.25) is 0 Å². The highest BCUT2D eigenvalue weighted by molar-refractivity contribution is 6.03. The van der Waals surface area contributed by atoms with Gasteiger partial charge in [-0.3, -0.25) is 4.79 Å². The minimum Gasteiger partial charge on any atom is -0.352 e. The van der Waals surface area contributed by atoms with E-state index in [0.717, 1.165) is 19.5 Å². The monoisotopic (exact) mass is 368 g/mol. The SMILES string of the molecule is CC(C)NC(=O)Nc1ccccc1C(=O)NCCC1CCCNC1.Cl. The van der Waals surface area contributed by atoms with Crippen molar-refractivity contribution in [1.82, 2.24) is 16.0 Å².